The fourth-order valence-corrected chi connectivity index (χ4v) is 3.88. The lowest BCUT2D eigenvalue weighted by Crippen LogP contribution is -2.46. The Labute approximate surface area is 112 Å². The van der Waals surface area contributed by atoms with E-state index in [4.69, 9.17) is 0 Å². The molecule has 1 aliphatic rings. The van der Waals surface area contributed by atoms with Crippen molar-refractivity contribution in [3.63, 3.8) is 0 Å². The summed E-state index contributed by atoms with van der Waals surface area (Å²) in [6.07, 6.45) is 2.47. The van der Waals surface area contributed by atoms with E-state index in [1.807, 2.05) is 0 Å². The van der Waals surface area contributed by atoms with Crippen LogP contribution in [0.15, 0.2) is 29.2 Å². The first-order valence-corrected chi connectivity index (χ1v) is 7.78. The molecule has 2 atom stereocenters. The minimum absolute atomic E-state index is 0.0502. The Hall–Kier alpha value is -0.980. The van der Waals surface area contributed by atoms with Gasteiger partial charge in [0, 0.05) is 7.05 Å². The van der Waals surface area contributed by atoms with Crippen LogP contribution in [0.25, 0.3) is 0 Å². The van der Waals surface area contributed by atoms with Crippen LogP contribution < -0.4 is 0 Å². The summed E-state index contributed by atoms with van der Waals surface area (Å²) in [5, 5.41) is 9.93. The minimum atomic E-state index is -3.68. The van der Waals surface area contributed by atoms with E-state index in [-0.39, 0.29) is 4.90 Å². The molecule has 0 aliphatic heterocycles. The number of likely N-dealkylation sites (N-methyl/N-ethyl adjacent to an activating group) is 1. The summed E-state index contributed by atoms with van der Waals surface area (Å²) in [6.45, 7) is 0. The molecule has 0 radical (unpaired) electrons. The maximum absolute atomic E-state index is 12.8. The zero-order valence-corrected chi connectivity index (χ0v) is 11.6. The van der Waals surface area contributed by atoms with Gasteiger partial charge in [-0.15, -0.1) is 0 Å². The molecule has 0 spiro atoms. The first kappa shape index (κ1) is 14.4. The standard InChI is InChI=1S/C13H18FNO3S/c1-15(12-4-2-3-5-13(12)16)19(17,18)11-8-6-10(14)7-9-11/h6-9,12-13,16H,2-5H2,1H3. The van der Waals surface area contributed by atoms with E-state index in [9.17, 15) is 17.9 Å². The zero-order chi connectivity index (χ0) is 14.0. The molecule has 6 heteroatoms. The number of hydrogen-bond acceptors (Lipinski definition) is 3. The van der Waals surface area contributed by atoms with Gasteiger partial charge in [0.05, 0.1) is 17.0 Å². The monoisotopic (exact) mass is 287 g/mol. The molecule has 0 heterocycles. The second kappa shape index (κ2) is 5.56. The second-order valence-corrected chi connectivity index (χ2v) is 6.89. The SMILES string of the molecule is CN(C1CCCCC1O)S(=O)(=O)c1ccc(F)cc1. The summed E-state index contributed by atoms with van der Waals surface area (Å²) in [5.74, 6) is -0.473. The summed E-state index contributed by atoms with van der Waals surface area (Å²) in [6, 6.07) is 4.34. The highest BCUT2D eigenvalue weighted by Crippen LogP contribution is 2.26. The lowest BCUT2D eigenvalue weighted by atomic mass is 9.93. The van der Waals surface area contributed by atoms with Crippen molar-refractivity contribution in [3.05, 3.63) is 30.1 Å². The number of rotatable bonds is 3. The molecule has 1 aromatic rings. The number of aliphatic hydroxyl groups excluding tert-OH is 1. The summed E-state index contributed by atoms with van der Waals surface area (Å²) in [7, 11) is -2.21. The number of hydrogen-bond donors (Lipinski definition) is 1. The molecule has 4 nitrogen and oxygen atoms in total. The molecule has 1 fully saturated rings. The maximum Gasteiger partial charge on any atom is 0.243 e. The number of aliphatic hydroxyl groups is 1. The van der Waals surface area contributed by atoms with Crippen LogP contribution in [-0.4, -0.2) is 37.0 Å². The molecule has 0 saturated heterocycles. The smallest absolute Gasteiger partial charge is 0.243 e. The van der Waals surface area contributed by atoms with Crippen molar-refractivity contribution in [2.75, 3.05) is 7.05 Å². The van der Waals surface area contributed by atoms with Gasteiger partial charge in [0.25, 0.3) is 0 Å². The molecular formula is C13H18FNO3S. The van der Waals surface area contributed by atoms with Crippen molar-refractivity contribution in [1.29, 1.82) is 0 Å². The third kappa shape index (κ3) is 2.96. The average Bonchev–Trinajstić information content (AvgIpc) is 2.39. The number of nitrogens with zero attached hydrogens (tertiary/aromatic N) is 1. The molecule has 19 heavy (non-hydrogen) atoms. The Bertz CT molecular complexity index is 529. The number of sulfonamides is 1. The minimum Gasteiger partial charge on any atom is -0.391 e. The lowest BCUT2D eigenvalue weighted by Gasteiger charge is -2.34. The third-order valence-electron chi connectivity index (χ3n) is 3.65. The third-order valence-corrected chi connectivity index (χ3v) is 5.55. The van der Waals surface area contributed by atoms with Crippen LogP contribution in [0.4, 0.5) is 4.39 Å². The first-order chi connectivity index (χ1) is 8.93. The maximum atomic E-state index is 12.8. The van der Waals surface area contributed by atoms with Gasteiger partial charge in [-0.25, -0.2) is 12.8 Å². The first-order valence-electron chi connectivity index (χ1n) is 6.34. The highest BCUT2D eigenvalue weighted by Gasteiger charge is 2.34. The molecule has 2 unspecified atom stereocenters. The van der Waals surface area contributed by atoms with Gasteiger partial charge < -0.3 is 5.11 Å². The molecule has 0 bridgehead atoms. The van der Waals surface area contributed by atoms with E-state index in [1.165, 1.54) is 23.5 Å². The van der Waals surface area contributed by atoms with Crippen molar-refractivity contribution in [3.8, 4) is 0 Å². The summed E-state index contributed by atoms with van der Waals surface area (Å²) < 4.78 is 38.8. The molecule has 0 amide bonds. The van der Waals surface area contributed by atoms with Crippen LogP contribution in [0.1, 0.15) is 25.7 Å². The van der Waals surface area contributed by atoms with E-state index in [0.717, 1.165) is 25.0 Å². The fourth-order valence-electron chi connectivity index (χ4n) is 2.47. The van der Waals surface area contributed by atoms with Crippen molar-refractivity contribution in [1.82, 2.24) is 4.31 Å². The lowest BCUT2D eigenvalue weighted by molar-refractivity contribution is 0.0638. The van der Waals surface area contributed by atoms with E-state index in [1.54, 1.807) is 0 Å². The van der Waals surface area contributed by atoms with Crippen molar-refractivity contribution >= 4 is 10.0 Å². The fraction of sp³-hybridized carbons (Fsp3) is 0.538. The van der Waals surface area contributed by atoms with Gasteiger partial charge in [-0.05, 0) is 37.1 Å². The van der Waals surface area contributed by atoms with Gasteiger partial charge in [0.15, 0.2) is 0 Å². The molecule has 106 valence electrons. The Morgan fingerprint density at radius 2 is 1.79 bits per heavy atom. The van der Waals surface area contributed by atoms with Crippen LogP contribution in [0.5, 0.6) is 0 Å². The molecule has 1 aliphatic carbocycles. The Kier molecular flexibility index (Phi) is 4.23. The highest BCUT2D eigenvalue weighted by molar-refractivity contribution is 7.89. The van der Waals surface area contributed by atoms with E-state index in [0.29, 0.717) is 12.8 Å². The highest BCUT2D eigenvalue weighted by atomic mass is 32.2. The average molecular weight is 287 g/mol. The van der Waals surface area contributed by atoms with Gasteiger partial charge >= 0.3 is 0 Å². The predicted molar refractivity (Wildman–Crippen MR) is 69.6 cm³/mol. The second-order valence-electron chi connectivity index (χ2n) is 4.89. The van der Waals surface area contributed by atoms with Gasteiger partial charge in [-0.2, -0.15) is 4.31 Å². The number of benzene rings is 1. The van der Waals surface area contributed by atoms with Crippen molar-refractivity contribution < 1.29 is 17.9 Å². The normalized spacial score (nSPS) is 24.6. The molecule has 1 saturated carbocycles. The van der Waals surface area contributed by atoms with Crippen molar-refractivity contribution in [2.24, 2.45) is 0 Å². The zero-order valence-electron chi connectivity index (χ0n) is 10.8. The number of halogens is 1. The topological polar surface area (TPSA) is 57.6 Å². The van der Waals surface area contributed by atoms with Crippen LogP contribution in [-0.2, 0) is 10.0 Å². The predicted octanol–water partition coefficient (Wildman–Crippen LogP) is 1.75. The van der Waals surface area contributed by atoms with Gasteiger partial charge in [-0.1, -0.05) is 12.8 Å². The van der Waals surface area contributed by atoms with Gasteiger partial charge in [0.1, 0.15) is 5.82 Å². The van der Waals surface area contributed by atoms with E-state index in [2.05, 4.69) is 0 Å². The summed E-state index contributed by atoms with van der Waals surface area (Å²) in [4.78, 5) is 0.0502. The largest absolute Gasteiger partial charge is 0.391 e. The van der Waals surface area contributed by atoms with Crippen molar-refractivity contribution in [2.45, 2.75) is 42.7 Å². The Morgan fingerprint density at radius 3 is 2.37 bits per heavy atom. The van der Waals surface area contributed by atoms with E-state index >= 15 is 0 Å². The van der Waals surface area contributed by atoms with Crippen LogP contribution in [0.2, 0.25) is 0 Å². The quantitative estimate of drug-likeness (QED) is 0.921. The van der Waals surface area contributed by atoms with Crippen LogP contribution >= 0.6 is 0 Å². The Morgan fingerprint density at radius 1 is 1.21 bits per heavy atom. The molecule has 1 N–H and O–H groups in total. The molecule has 0 aromatic heterocycles. The molecular weight excluding hydrogens is 269 g/mol. The molecule has 1 aromatic carbocycles. The van der Waals surface area contributed by atoms with Gasteiger partial charge in [-0.3, -0.25) is 0 Å². The summed E-state index contributed by atoms with van der Waals surface area (Å²) >= 11 is 0. The molecule has 2 rings (SSSR count). The van der Waals surface area contributed by atoms with E-state index < -0.39 is 28.0 Å². The summed E-state index contributed by atoms with van der Waals surface area (Å²) in [5.41, 5.74) is 0. The van der Waals surface area contributed by atoms with Crippen LogP contribution in [0.3, 0.4) is 0 Å². The van der Waals surface area contributed by atoms with Gasteiger partial charge in [0.2, 0.25) is 10.0 Å². The Balaban J connectivity index is 2.25. The van der Waals surface area contributed by atoms with Crippen LogP contribution in [0, 0.1) is 5.82 Å².